The molecule has 2 aliphatic rings. The Labute approximate surface area is 98.6 Å². The van der Waals surface area contributed by atoms with Gasteiger partial charge in [-0.3, -0.25) is 4.79 Å². The summed E-state index contributed by atoms with van der Waals surface area (Å²) in [6.07, 6.45) is 3.36. The molecule has 1 amide bonds. The molecule has 2 atom stereocenters. The maximum Gasteiger partial charge on any atom is 0.227 e. The first-order chi connectivity index (χ1) is 7.50. The molecular formula is C13H24N2O. The lowest BCUT2D eigenvalue weighted by molar-refractivity contribution is -0.139. The summed E-state index contributed by atoms with van der Waals surface area (Å²) >= 11 is 0. The van der Waals surface area contributed by atoms with Crippen LogP contribution in [0.15, 0.2) is 0 Å². The molecule has 3 nitrogen and oxygen atoms in total. The van der Waals surface area contributed by atoms with E-state index in [0.29, 0.717) is 11.8 Å². The van der Waals surface area contributed by atoms with Crippen LogP contribution in [-0.4, -0.2) is 36.0 Å². The van der Waals surface area contributed by atoms with E-state index < -0.39 is 0 Å². The number of nitrogens with one attached hydrogen (secondary N) is 1. The lowest BCUT2D eigenvalue weighted by Crippen LogP contribution is -2.50. The van der Waals surface area contributed by atoms with Gasteiger partial charge in [-0.05, 0) is 45.6 Å². The topological polar surface area (TPSA) is 32.3 Å². The fraction of sp³-hybridized carbons (Fsp3) is 0.923. The third-order valence-corrected chi connectivity index (χ3v) is 4.09. The van der Waals surface area contributed by atoms with Gasteiger partial charge in [0.05, 0.1) is 5.92 Å². The third-order valence-electron chi connectivity index (χ3n) is 4.09. The van der Waals surface area contributed by atoms with Crippen molar-refractivity contribution in [3.8, 4) is 0 Å². The molecule has 0 aromatic carbocycles. The van der Waals surface area contributed by atoms with Crippen LogP contribution in [0.2, 0.25) is 0 Å². The minimum atomic E-state index is 0.0811. The van der Waals surface area contributed by atoms with Gasteiger partial charge in [0, 0.05) is 18.6 Å². The van der Waals surface area contributed by atoms with Gasteiger partial charge in [0.15, 0.2) is 0 Å². The minimum absolute atomic E-state index is 0.0811. The van der Waals surface area contributed by atoms with Crippen molar-refractivity contribution < 1.29 is 4.79 Å². The number of carbonyl (C=O) groups excluding carboxylic acids is 1. The molecule has 0 radical (unpaired) electrons. The highest BCUT2D eigenvalue weighted by molar-refractivity contribution is 5.80. The van der Waals surface area contributed by atoms with Crippen LogP contribution in [0.5, 0.6) is 0 Å². The van der Waals surface area contributed by atoms with Crippen LogP contribution in [-0.2, 0) is 4.79 Å². The Morgan fingerprint density at radius 3 is 2.69 bits per heavy atom. The molecule has 2 rings (SSSR count). The van der Waals surface area contributed by atoms with Crippen LogP contribution < -0.4 is 5.32 Å². The molecule has 0 spiro atoms. The Bertz CT molecular complexity index is 275. The van der Waals surface area contributed by atoms with Crippen molar-refractivity contribution in [3.05, 3.63) is 0 Å². The molecule has 16 heavy (non-hydrogen) atoms. The Balaban J connectivity index is 2.01. The molecule has 0 aromatic rings. The van der Waals surface area contributed by atoms with Crippen LogP contribution in [0.3, 0.4) is 0 Å². The summed E-state index contributed by atoms with van der Waals surface area (Å²) in [5.41, 5.74) is 0.0811. The molecule has 2 saturated heterocycles. The summed E-state index contributed by atoms with van der Waals surface area (Å²) in [5.74, 6) is 1.22. The predicted octanol–water partition coefficient (Wildman–Crippen LogP) is 1.63. The SMILES string of the molecule is CC1CNCC(C(=O)N2CCCC2(C)C)C1. The van der Waals surface area contributed by atoms with Gasteiger partial charge in [-0.1, -0.05) is 6.92 Å². The van der Waals surface area contributed by atoms with Crippen LogP contribution in [0.1, 0.15) is 40.0 Å². The number of piperidine rings is 1. The Morgan fingerprint density at radius 2 is 2.12 bits per heavy atom. The van der Waals surface area contributed by atoms with E-state index in [1.807, 2.05) is 0 Å². The second-order valence-corrected chi connectivity index (χ2v) is 6.10. The number of hydrogen-bond acceptors (Lipinski definition) is 2. The highest BCUT2D eigenvalue weighted by Crippen LogP contribution is 2.31. The van der Waals surface area contributed by atoms with Crippen LogP contribution in [0, 0.1) is 11.8 Å². The fourth-order valence-corrected chi connectivity index (χ4v) is 3.08. The van der Waals surface area contributed by atoms with E-state index >= 15 is 0 Å². The average molecular weight is 224 g/mol. The number of carbonyl (C=O) groups is 1. The quantitative estimate of drug-likeness (QED) is 0.734. The van der Waals surface area contributed by atoms with E-state index in [2.05, 4.69) is 31.0 Å². The molecule has 92 valence electrons. The van der Waals surface area contributed by atoms with Gasteiger partial charge in [-0.25, -0.2) is 0 Å². The molecule has 0 bridgehead atoms. The van der Waals surface area contributed by atoms with Crippen LogP contribution in [0.25, 0.3) is 0 Å². The van der Waals surface area contributed by atoms with E-state index in [4.69, 9.17) is 0 Å². The Hall–Kier alpha value is -0.570. The number of likely N-dealkylation sites (tertiary alicyclic amines) is 1. The summed E-state index contributed by atoms with van der Waals surface area (Å²) in [4.78, 5) is 14.6. The minimum Gasteiger partial charge on any atom is -0.337 e. The normalized spacial score (nSPS) is 34.1. The van der Waals surface area contributed by atoms with Gasteiger partial charge in [0.25, 0.3) is 0 Å². The first kappa shape index (κ1) is 11.9. The summed E-state index contributed by atoms with van der Waals surface area (Å²) in [7, 11) is 0. The monoisotopic (exact) mass is 224 g/mol. The van der Waals surface area contributed by atoms with Gasteiger partial charge in [0.1, 0.15) is 0 Å². The van der Waals surface area contributed by atoms with Crippen molar-refractivity contribution in [2.45, 2.75) is 45.6 Å². The van der Waals surface area contributed by atoms with E-state index in [0.717, 1.165) is 38.9 Å². The fourth-order valence-electron chi connectivity index (χ4n) is 3.08. The van der Waals surface area contributed by atoms with Crippen molar-refractivity contribution in [3.63, 3.8) is 0 Å². The molecule has 0 aromatic heterocycles. The summed E-state index contributed by atoms with van der Waals surface area (Å²) in [5, 5.41) is 3.37. The van der Waals surface area contributed by atoms with Crippen molar-refractivity contribution in [1.82, 2.24) is 10.2 Å². The van der Waals surface area contributed by atoms with Crippen molar-refractivity contribution in [2.24, 2.45) is 11.8 Å². The lowest BCUT2D eigenvalue weighted by atomic mass is 9.89. The average Bonchev–Trinajstić information content (AvgIpc) is 2.57. The molecule has 2 unspecified atom stereocenters. The Morgan fingerprint density at radius 1 is 1.38 bits per heavy atom. The number of amides is 1. The molecule has 0 aliphatic carbocycles. The van der Waals surface area contributed by atoms with Crippen molar-refractivity contribution >= 4 is 5.91 Å². The van der Waals surface area contributed by atoms with Gasteiger partial charge < -0.3 is 10.2 Å². The number of rotatable bonds is 1. The Kier molecular flexibility index (Phi) is 3.24. The molecule has 2 aliphatic heterocycles. The summed E-state index contributed by atoms with van der Waals surface area (Å²) in [6, 6.07) is 0. The summed E-state index contributed by atoms with van der Waals surface area (Å²) < 4.78 is 0. The van der Waals surface area contributed by atoms with Gasteiger partial charge in [0.2, 0.25) is 5.91 Å². The molecule has 1 N–H and O–H groups in total. The molecule has 2 heterocycles. The van der Waals surface area contributed by atoms with Crippen molar-refractivity contribution in [1.29, 1.82) is 0 Å². The zero-order valence-electron chi connectivity index (χ0n) is 10.8. The second-order valence-electron chi connectivity index (χ2n) is 6.10. The van der Waals surface area contributed by atoms with Gasteiger partial charge in [-0.15, -0.1) is 0 Å². The molecule has 2 fully saturated rings. The maximum atomic E-state index is 12.4. The smallest absolute Gasteiger partial charge is 0.227 e. The largest absolute Gasteiger partial charge is 0.337 e. The van der Waals surface area contributed by atoms with E-state index in [1.54, 1.807) is 0 Å². The van der Waals surface area contributed by atoms with E-state index in [-0.39, 0.29) is 11.5 Å². The molecular weight excluding hydrogens is 200 g/mol. The highest BCUT2D eigenvalue weighted by atomic mass is 16.2. The third kappa shape index (κ3) is 2.24. The zero-order chi connectivity index (χ0) is 11.8. The van der Waals surface area contributed by atoms with Crippen LogP contribution in [0.4, 0.5) is 0 Å². The molecule has 0 saturated carbocycles. The zero-order valence-corrected chi connectivity index (χ0v) is 10.8. The second kappa shape index (κ2) is 4.36. The molecule has 3 heteroatoms. The van der Waals surface area contributed by atoms with Crippen molar-refractivity contribution in [2.75, 3.05) is 19.6 Å². The number of nitrogens with zero attached hydrogens (tertiary/aromatic N) is 1. The predicted molar refractivity (Wildman–Crippen MR) is 65.2 cm³/mol. The summed E-state index contributed by atoms with van der Waals surface area (Å²) in [6.45, 7) is 9.50. The standard InChI is InChI=1S/C13H24N2O/c1-10-7-11(9-14-8-10)12(16)15-6-4-5-13(15,2)3/h10-11,14H,4-9H2,1-3H3. The first-order valence-corrected chi connectivity index (χ1v) is 6.53. The van der Waals surface area contributed by atoms with Gasteiger partial charge >= 0.3 is 0 Å². The van der Waals surface area contributed by atoms with E-state index in [1.165, 1.54) is 0 Å². The highest BCUT2D eigenvalue weighted by Gasteiger charge is 2.39. The first-order valence-electron chi connectivity index (χ1n) is 6.53. The van der Waals surface area contributed by atoms with Crippen LogP contribution >= 0.6 is 0 Å². The maximum absolute atomic E-state index is 12.4. The van der Waals surface area contributed by atoms with Gasteiger partial charge in [-0.2, -0.15) is 0 Å². The number of hydrogen-bond donors (Lipinski definition) is 1. The van der Waals surface area contributed by atoms with E-state index in [9.17, 15) is 4.79 Å². The lowest BCUT2D eigenvalue weighted by Gasteiger charge is -2.37.